The fraction of sp³-hybridized carbons (Fsp3) is 0.238. The Kier molecular flexibility index (Phi) is 3.99. The van der Waals surface area contributed by atoms with Crippen LogP contribution in [0.4, 0.5) is 0 Å². The maximum Gasteiger partial charge on any atom is 0.243 e. The molecule has 1 amide bonds. The van der Waals surface area contributed by atoms with Crippen LogP contribution < -0.4 is 5.43 Å². The van der Waals surface area contributed by atoms with E-state index in [4.69, 9.17) is 0 Å². The number of rotatable bonds is 4. The minimum absolute atomic E-state index is 0.110. The van der Waals surface area contributed by atoms with E-state index in [9.17, 15) is 14.4 Å². The largest absolute Gasteiger partial charge is 0.293 e. The molecular formula is C21H18N2O3. The second-order valence-corrected chi connectivity index (χ2v) is 6.80. The first-order valence-electron chi connectivity index (χ1n) is 8.64. The SMILES string of the molecule is C/C(=N/NC(=O)[C@@H]1C[C@H]1c1ccccc1)C1C(=O)c2ccccc2C1=O. The molecule has 0 unspecified atom stereocenters. The summed E-state index contributed by atoms with van der Waals surface area (Å²) in [5.74, 6) is -1.51. The lowest BCUT2D eigenvalue weighted by molar-refractivity contribution is -0.122. The Labute approximate surface area is 151 Å². The van der Waals surface area contributed by atoms with Gasteiger partial charge in [-0.3, -0.25) is 14.4 Å². The molecule has 0 heterocycles. The maximum atomic E-state index is 12.5. The number of nitrogens with zero attached hydrogens (tertiary/aromatic N) is 1. The quantitative estimate of drug-likeness (QED) is 0.525. The van der Waals surface area contributed by atoms with E-state index in [0.717, 1.165) is 12.0 Å². The number of carbonyl (C=O) groups excluding carboxylic acids is 3. The fourth-order valence-corrected chi connectivity index (χ4v) is 3.57. The molecule has 26 heavy (non-hydrogen) atoms. The molecule has 5 heteroatoms. The Bertz CT molecular complexity index is 898. The van der Waals surface area contributed by atoms with Gasteiger partial charge < -0.3 is 0 Å². The zero-order valence-corrected chi connectivity index (χ0v) is 14.3. The molecule has 2 aliphatic rings. The van der Waals surface area contributed by atoms with Crippen molar-refractivity contribution < 1.29 is 14.4 Å². The first kappa shape index (κ1) is 16.4. The van der Waals surface area contributed by atoms with Crippen LogP contribution in [0, 0.1) is 11.8 Å². The van der Waals surface area contributed by atoms with E-state index in [1.807, 2.05) is 30.3 Å². The van der Waals surface area contributed by atoms with Crippen LogP contribution >= 0.6 is 0 Å². The summed E-state index contributed by atoms with van der Waals surface area (Å²) in [6, 6.07) is 16.7. The summed E-state index contributed by atoms with van der Waals surface area (Å²) in [7, 11) is 0. The van der Waals surface area contributed by atoms with Gasteiger partial charge in [0.1, 0.15) is 5.92 Å². The van der Waals surface area contributed by atoms with E-state index in [0.29, 0.717) is 16.8 Å². The van der Waals surface area contributed by atoms with Crippen molar-refractivity contribution in [2.75, 3.05) is 0 Å². The smallest absolute Gasteiger partial charge is 0.243 e. The molecule has 130 valence electrons. The highest BCUT2D eigenvalue weighted by Gasteiger charge is 2.44. The van der Waals surface area contributed by atoms with Crippen molar-refractivity contribution in [2.24, 2.45) is 16.9 Å². The number of amides is 1. The molecule has 1 fully saturated rings. The molecule has 2 aromatic rings. The monoisotopic (exact) mass is 346 g/mol. The highest BCUT2D eigenvalue weighted by molar-refractivity contribution is 6.36. The van der Waals surface area contributed by atoms with Gasteiger partial charge in [-0.2, -0.15) is 5.10 Å². The number of fused-ring (bicyclic) bond motifs is 1. The molecule has 1 saturated carbocycles. The molecule has 0 radical (unpaired) electrons. The lowest BCUT2D eigenvalue weighted by atomic mass is 9.99. The second kappa shape index (κ2) is 6.33. The van der Waals surface area contributed by atoms with Crippen LogP contribution in [-0.4, -0.2) is 23.2 Å². The van der Waals surface area contributed by atoms with Crippen LogP contribution in [0.3, 0.4) is 0 Å². The van der Waals surface area contributed by atoms with Gasteiger partial charge in [0, 0.05) is 17.0 Å². The van der Waals surface area contributed by atoms with Gasteiger partial charge in [0.25, 0.3) is 0 Å². The Hall–Kier alpha value is -3.08. The Morgan fingerprint density at radius 1 is 0.962 bits per heavy atom. The minimum atomic E-state index is -0.933. The van der Waals surface area contributed by atoms with Crippen molar-refractivity contribution >= 4 is 23.2 Å². The van der Waals surface area contributed by atoms with Crippen LogP contribution in [0.5, 0.6) is 0 Å². The highest BCUT2D eigenvalue weighted by atomic mass is 16.2. The van der Waals surface area contributed by atoms with E-state index in [1.54, 1.807) is 31.2 Å². The first-order chi connectivity index (χ1) is 12.6. The molecule has 2 atom stereocenters. The predicted molar refractivity (Wildman–Crippen MR) is 97.1 cm³/mol. The van der Waals surface area contributed by atoms with Gasteiger partial charge in [0.05, 0.1) is 5.71 Å². The molecule has 4 rings (SSSR count). The Balaban J connectivity index is 1.43. The van der Waals surface area contributed by atoms with E-state index >= 15 is 0 Å². The minimum Gasteiger partial charge on any atom is -0.293 e. The fourth-order valence-electron chi connectivity index (χ4n) is 3.57. The summed E-state index contributed by atoms with van der Waals surface area (Å²) in [5, 5.41) is 4.05. The number of benzene rings is 2. The van der Waals surface area contributed by atoms with Crippen molar-refractivity contribution in [2.45, 2.75) is 19.3 Å². The summed E-state index contributed by atoms with van der Waals surface area (Å²) < 4.78 is 0. The summed E-state index contributed by atoms with van der Waals surface area (Å²) in [6.45, 7) is 1.61. The molecule has 5 nitrogen and oxygen atoms in total. The van der Waals surface area contributed by atoms with Crippen LogP contribution in [0.25, 0.3) is 0 Å². The number of carbonyl (C=O) groups is 3. The van der Waals surface area contributed by atoms with Gasteiger partial charge in [-0.15, -0.1) is 0 Å². The van der Waals surface area contributed by atoms with Crippen LogP contribution in [0.1, 0.15) is 45.5 Å². The summed E-state index contributed by atoms with van der Waals surface area (Å²) in [5.41, 5.74) is 4.85. The molecular weight excluding hydrogens is 328 g/mol. The molecule has 1 N–H and O–H groups in total. The van der Waals surface area contributed by atoms with Gasteiger partial charge in [0.2, 0.25) is 5.91 Å². The maximum absolute atomic E-state index is 12.5. The zero-order chi connectivity index (χ0) is 18.3. The van der Waals surface area contributed by atoms with E-state index in [-0.39, 0.29) is 29.3 Å². The zero-order valence-electron chi connectivity index (χ0n) is 14.3. The standard InChI is InChI=1S/C21H18N2O3/c1-12(18-19(24)14-9-5-6-10-15(14)20(18)25)22-23-21(26)17-11-16(17)13-7-3-2-4-8-13/h2-10,16-18H,11H2,1H3,(H,23,26)/b22-12-/t16-,17+/m0/s1. The molecule has 2 aromatic carbocycles. The molecule has 0 aliphatic heterocycles. The second-order valence-electron chi connectivity index (χ2n) is 6.80. The molecule has 0 spiro atoms. The number of nitrogens with one attached hydrogen (secondary N) is 1. The third-order valence-corrected chi connectivity index (χ3v) is 5.10. The van der Waals surface area contributed by atoms with Crippen LogP contribution in [-0.2, 0) is 4.79 Å². The summed E-state index contributed by atoms with van der Waals surface area (Å²) >= 11 is 0. The first-order valence-corrected chi connectivity index (χ1v) is 8.64. The number of hydrogen-bond donors (Lipinski definition) is 1. The summed E-state index contributed by atoms with van der Waals surface area (Å²) in [4.78, 5) is 37.2. The van der Waals surface area contributed by atoms with Crippen molar-refractivity contribution in [1.82, 2.24) is 5.43 Å². The molecule has 0 bridgehead atoms. The molecule has 2 aliphatic carbocycles. The normalized spacial score (nSPS) is 22.3. The highest BCUT2D eigenvalue weighted by Crippen LogP contribution is 2.47. The topological polar surface area (TPSA) is 75.6 Å². The van der Waals surface area contributed by atoms with Crippen LogP contribution in [0.15, 0.2) is 59.7 Å². The van der Waals surface area contributed by atoms with Gasteiger partial charge in [-0.1, -0.05) is 54.6 Å². The third-order valence-electron chi connectivity index (χ3n) is 5.10. The average molecular weight is 346 g/mol. The third kappa shape index (κ3) is 2.75. The van der Waals surface area contributed by atoms with Crippen molar-refractivity contribution in [3.8, 4) is 0 Å². The van der Waals surface area contributed by atoms with Crippen molar-refractivity contribution in [1.29, 1.82) is 0 Å². The number of hydrazone groups is 1. The molecule has 0 aromatic heterocycles. The number of hydrogen-bond acceptors (Lipinski definition) is 4. The van der Waals surface area contributed by atoms with Crippen molar-refractivity contribution in [3.05, 3.63) is 71.3 Å². The van der Waals surface area contributed by atoms with Gasteiger partial charge in [-0.05, 0) is 24.8 Å². The van der Waals surface area contributed by atoms with E-state index < -0.39 is 5.92 Å². The number of ketones is 2. The van der Waals surface area contributed by atoms with Crippen LogP contribution in [0.2, 0.25) is 0 Å². The lowest BCUT2D eigenvalue weighted by Gasteiger charge is -2.07. The van der Waals surface area contributed by atoms with E-state index in [1.165, 1.54) is 0 Å². The molecule has 0 saturated heterocycles. The Morgan fingerprint density at radius 3 is 2.15 bits per heavy atom. The van der Waals surface area contributed by atoms with E-state index in [2.05, 4.69) is 10.5 Å². The lowest BCUT2D eigenvalue weighted by Crippen LogP contribution is -2.28. The average Bonchev–Trinajstić information content (AvgIpc) is 3.43. The van der Waals surface area contributed by atoms with Gasteiger partial charge in [-0.25, -0.2) is 5.43 Å². The van der Waals surface area contributed by atoms with Crippen molar-refractivity contribution in [3.63, 3.8) is 0 Å². The van der Waals surface area contributed by atoms with Gasteiger partial charge >= 0.3 is 0 Å². The number of Topliss-reactive ketones (excluding diaryl/α,β-unsaturated/α-hetero) is 2. The summed E-state index contributed by atoms with van der Waals surface area (Å²) in [6.07, 6.45) is 0.789. The van der Waals surface area contributed by atoms with Gasteiger partial charge in [0.15, 0.2) is 11.6 Å². The predicted octanol–water partition coefficient (Wildman–Crippen LogP) is 2.98. The Morgan fingerprint density at radius 2 is 1.54 bits per heavy atom.